The van der Waals surface area contributed by atoms with Gasteiger partial charge in [0.15, 0.2) is 23.2 Å². The lowest BCUT2D eigenvalue weighted by Crippen LogP contribution is -2.14. The number of benzene rings is 2. The van der Waals surface area contributed by atoms with E-state index in [0.717, 1.165) is 18.9 Å². The van der Waals surface area contributed by atoms with E-state index in [9.17, 15) is 22.7 Å². The number of aromatic hydroxyl groups is 1. The molecule has 0 bridgehead atoms. The van der Waals surface area contributed by atoms with Gasteiger partial charge in [-0.25, -0.2) is 13.2 Å². The van der Waals surface area contributed by atoms with E-state index in [1.807, 2.05) is 6.08 Å². The number of ether oxygens (including phenoxy) is 1. The Morgan fingerprint density at radius 2 is 1.66 bits per heavy atom. The van der Waals surface area contributed by atoms with Crippen LogP contribution in [0, 0.1) is 29.2 Å². The standard InChI is InChI=1S/C23H24F4O2/c1-2-29-13-17-9-11-18(22(26)21(17)25)15-6-3-14(4-7-15)5-8-16-10-12-19(28)23(27)20(16)24/h5,8-12,14-15,28H,2-4,6-7,13H2,1H3/b8-5+. The van der Waals surface area contributed by atoms with Crippen LogP contribution in [0.1, 0.15) is 55.2 Å². The van der Waals surface area contributed by atoms with E-state index in [2.05, 4.69) is 0 Å². The maximum Gasteiger partial charge on any atom is 0.200 e. The average molecular weight is 408 g/mol. The molecule has 1 aliphatic rings. The first-order valence-electron chi connectivity index (χ1n) is 9.82. The summed E-state index contributed by atoms with van der Waals surface area (Å²) >= 11 is 0. The van der Waals surface area contributed by atoms with Gasteiger partial charge in [-0.15, -0.1) is 0 Å². The van der Waals surface area contributed by atoms with Crippen LogP contribution in [0.15, 0.2) is 30.3 Å². The molecule has 0 spiro atoms. The number of phenols is 1. The minimum Gasteiger partial charge on any atom is -0.505 e. The summed E-state index contributed by atoms with van der Waals surface area (Å²) in [6, 6.07) is 5.65. The zero-order chi connectivity index (χ0) is 21.0. The molecule has 1 aliphatic carbocycles. The lowest BCUT2D eigenvalue weighted by molar-refractivity contribution is 0.131. The Hall–Kier alpha value is -2.34. The van der Waals surface area contributed by atoms with E-state index in [1.165, 1.54) is 12.1 Å². The molecule has 0 unspecified atom stereocenters. The molecule has 0 aliphatic heterocycles. The van der Waals surface area contributed by atoms with Crippen molar-refractivity contribution in [1.82, 2.24) is 0 Å². The summed E-state index contributed by atoms with van der Waals surface area (Å²) in [5, 5.41) is 9.18. The Bertz CT molecular complexity index is 887. The van der Waals surface area contributed by atoms with Crippen LogP contribution in [-0.2, 0) is 11.3 Å². The lowest BCUT2D eigenvalue weighted by atomic mass is 9.78. The van der Waals surface area contributed by atoms with E-state index >= 15 is 0 Å². The van der Waals surface area contributed by atoms with Crippen molar-refractivity contribution in [1.29, 1.82) is 0 Å². The second kappa shape index (κ2) is 9.44. The molecule has 29 heavy (non-hydrogen) atoms. The molecule has 3 rings (SSSR count). The molecule has 0 heterocycles. The first-order valence-corrected chi connectivity index (χ1v) is 9.82. The molecule has 0 saturated heterocycles. The Morgan fingerprint density at radius 3 is 2.34 bits per heavy atom. The van der Waals surface area contributed by atoms with Crippen molar-refractivity contribution in [2.75, 3.05) is 6.61 Å². The minimum absolute atomic E-state index is 0.0471. The second-order valence-corrected chi connectivity index (χ2v) is 7.35. The topological polar surface area (TPSA) is 29.5 Å². The summed E-state index contributed by atoms with van der Waals surface area (Å²) < 4.78 is 61.2. The molecule has 0 aromatic heterocycles. The summed E-state index contributed by atoms with van der Waals surface area (Å²) in [4.78, 5) is 0. The summed E-state index contributed by atoms with van der Waals surface area (Å²) in [5.74, 6) is -4.64. The van der Waals surface area contributed by atoms with Crippen LogP contribution in [-0.4, -0.2) is 11.7 Å². The van der Waals surface area contributed by atoms with Crippen LogP contribution < -0.4 is 0 Å². The molecule has 2 aromatic rings. The zero-order valence-corrected chi connectivity index (χ0v) is 16.2. The van der Waals surface area contributed by atoms with Crippen molar-refractivity contribution >= 4 is 6.08 Å². The van der Waals surface area contributed by atoms with E-state index in [4.69, 9.17) is 4.74 Å². The van der Waals surface area contributed by atoms with E-state index in [0.29, 0.717) is 25.0 Å². The number of rotatable bonds is 6. The highest BCUT2D eigenvalue weighted by Crippen LogP contribution is 2.38. The molecule has 1 N–H and O–H groups in total. The third-order valence-electron chi connectivity index (χ3n) is 5.51. The quantitative estimate of drug-likeness (QED) is 0.555. The monoisotopic (exact) mass is 408 g/mol. The SMILES string of the molecule is CCOCc1ccc(C2CCC(/C=C/c3ccc(O)c(F)c3F)CC2)c(F)c1F. The van der Waals surface area contributed by atoms with Gasteiger partial charge in [0.05, 0.1) is 6.61 Å². The van der Waals surface area contributed by atoms with E-state index in [1.54, 1.807) is 19.1 Å². The van der Waals surface area contributed by atoms with Crippen molar-refractivity contribution in [2.45, 2.75) is 45.1 Å². The predicted molar refractivity (Wildman–Crippen MR) is 103 cm³/mol. The van der Waals surface area contributed by atoms with Gasteiger partial charge in [0, 0.05) is 17.7 Å². The molecule has 0 atom stereocenters. The third kappa shape index (κ3) is 4.81. The Kier molecular flexibility index (Phi) is 6.96. The van der Waals surface area contributed by atoms with Crippen LogP contribution in [0.5, 0.6) is 5.75 Å². The van der Waals surface area contributed by atoms with Crippen LogP contribution in [0.2, 0.25) is 0 Å². The van der Waals surface area contributed by atoms with Crippen molar-refractivity contribution in [3.63, 3.8) is 0 Å². The molecule has 0 amide bonds. The van der Waals surface area contributed by atoms with Gasteiger partial charge >= 0.3 is 0 Å². The number of phenolic OH excluding ortho intramolecular Hbond substituents is 1. The summed E-state index contributed by atoms with van der Waals surface area (Å²) in [6.07, 6.45) is 6.17. The molecule has 0 radical (unpaired) electrons. The van der Waals surface area contributed by atoms with Crippen molar-refractivity contribution < 1.29 is 27.4 Å². The first-order chi connectivity index (χ1) is 13.9. The maximum atomic E-state index is 14.5. The fourth-order valence-electron chi connectivity index (χ4n) is 3.79. The number of allylic oxidation sites excluding steroid dienone is 1. The van der Waals surface area contributed by atoms with Crippen molar-refractivity contribution in [3.05, 3.63) is 70.3 Å². The van der Waals surface area contributed by atoms with Gasteiger partial charge in [-0.3, -0.25) is 0 Å². The predicted octanol–water partition coefficient (Wildman–Crippen LogP) is 6.47. The molecule has 156 valence electrons. The van der Waals surface area contributed by atoms with Crippen LogP contribution in [0.3, 0.4) is 0 Å². The van der Waals surface area contributed by atoms with Crippen molar-refractivity contribution in [2.24, 2.45) is 5.92 Å². The lowest BCUT2D eigenvalue weighted by Gasteiger charge is -2.27. The molecule has 2 nitrogen and oxygen atoms in total. The molecule has 2 aromatic carbocycles. The van der Waals surface area contributed by atoms with Gasteiger partial charge in [0.25, 0.3) is 0 Å². The molecule has 6 heteroatoms. The fourth-order valence-corrected chi connectivity index (χ4v) is 3.79. The molecule has 1 saturated carbocycles. The Balaban J connectivity index is 1.64. The van der Waals surface area contributed by atoms with Crippen LogP contribution in [0.25, 0.3) is 6.08 Å². The fraction of sp³-hybridized carbons (Fsp3) is 0.391. The summed E-state index contributed by atoms with van der Waals surface area (Å²) in [5.41, 5.74) is 0.671. The largest absolute Gasteiger partial charge is 0.505 e. The number of hydrogen-bond donors (Lipinski definition) is 1. The van der Waals surface area contributed by atoms with Gasteiger partial charge in [0.2, 0.25) is 5.82 Å². The van der Waals surface area contributed by atoms with Gasteiger partial charge in [0.1, 0.15) is 0 Å². The zero-order valence-electron chi connectivity index (χ0n) is 16.2. The van der Waals surface area contributed by atoms with Crippen LogP contribution in [0.4, 0.5) is 17.6 Å². The second-order valence-electron chi connectivity index (χ2n) is 7.35. The number of halogens is 4. The molecular formula is C23H24F4O2. The highest BCUT2D eigenvalue weighted by atomic mass is 19.2. The molecule has 1 fully saturated rings. The van der Waals surface area contributed by atoms with Gasteiger partial charge < -0.3 is 9.84 Å². The smallest absolute Gasteiger partial charge is 0.200 e. The highest BCUT2D eigenvalue weighted by Gasteiger charge is 2.25. The van der Waals surface area contributed by atoms with E-state index < -0.39 is 29.0 Å². The Morgan fingerprint density at radius 1 is 0.931 bits per heavy atom. The van der Waals surface area contributed by atoms with Crippen LogP contribution >= 0.6 is 0 Å². The summed E-state index contributed by atoms with van der Waals surface area (Å²) in [7, 11) is 0. The molecular weight excluding hydrogens is 384 g/mol. The van der Waals surface area contributed by atoms with Gasteiger partial charge in [-0.05, 0) is 62.1 Å². The average Bonchev–Trinajstić information content (AvgIpc) is 2.73. The first kappa shape index (κ1) is 21.4. The van der Waals surface area contributed by atoms with E-state index in [-0.39, 0.29) is 29.6 Å². The normalized spacial score (nSPS) is 19.8. The number of hydrogen-bond acceptors (Lipinski definition) is 2. The maximum absolute atomic E-state index is 14.5. The summed E-state index contributed by atoms with van der Waals surface area (Å²) in [6.45, 7) is 2.27. The third-order valence-corrected chi connectivity index (χ3v) is 5.51. The highest BCUT2D eigenvalue weighted by molar-refractivity contribution is 5.52. The van der Waals surface area contributed by atoms with Crippen molar-refractivity contribution in [3.8, 4) is 5.75 Å². The minimum atomic E-state index is -1.26. The van der Waals surface area contributed by atoms with Gasteiger partial charge in [-0.1, -0.05) is 24.3 Å². The Labute approximate surface area is 167 Å². The van der Waals surface area contributed by atoms with Gasteiger partial charge in [-0.2, -0.15) is 4.39 Å².